The molecule has 0 aliphatic carbocycles. The van der Waals surface area contributed by atoms with Crippen molar-refractivity contribution in [3.05, 3.63) is 64.7 Å². The van der Waals surface area contributed by atoms with E-state index in [-0.39, 0.29) is 18.2 Å². The van der Waals surface area contributed by atoms with Crippen LogP contribution in [0.1, 0.15) is 58.6 Å². The van der Waals surface area contributed by atoms with Gasteiger partial charge in [-0.15, -0.1) is 0 Å². The predicted molar refractivity (Wildman–Crippen MR) is 118 cm³/mol. The van der Waals surface area contributed by atoms with Crippen molar-refractivity contribution in [1.82, 2.24) is 15.5 Å². The summed E-state index contributed by atoms with van der Waals surface area (Å²) >= 11 is 0. The van der Waals surface area contributed by atoms with Gasteiger partial charge in [-0.25, -0.2) is 0 Å². The van der Waals surface area contributed by atoms with E-state index >= 15 is 0 Å². The van der Waals surface area contributed by atoms with Crippen molar-refractivity contribution in [3.8, 4) is 5.75 Å². The van der Waals surface area contributed by atoms with Crippen molar-refractivity contribution in [3.63, 3.8) is 0 Å². The third-order valence-electron chi connectivity index (χ3n) is 6.72. The molecule has 5 rings (SSSR count). The van der Waals surface area contributed by atoms with Gasteiger partial charge in [0.05, 0.1) is 6.54 Å². The summed E-state index contributed by atoms with van der Waals surface area (Å²) in [6, 6.07) is 13.4. The number of ether oxygens (including phenoxy) is 1. The monoisotopic (exact) mass is 433 g/mol. The highest BCUT2D eigenvalue weighted by molar-refractivity contribution is 6.05. The number of amides is 3. The van der Waals surface area contributed by atoms with E-state index < -0.39 is 11.9 Å². The zero-order valence-electron chi connectivity index (χ0n) is 17.9. The summed E-state index contributed by atoms with van der Waals surface area (Å²) in [5.41, 5.74) is 3.81. The Morgan fingerprint density at radius 3 is 2.50 bits per heavy atom. The molecule has 2 aromatic carbocycles. The van der Waals surface area contributed by atoms with E-state index in [1.54, 1.807) is 17.0 Å². The zero-order chi connectivity index (χ0) is 22.1. The van der Waals surface area contributed by atoms with Gasteiger partial charge in [0.15, 0.2) is 0 Å². The van der Waals surface area contributed by atoms with Crippen molar-refractivity contribution >= 4 is 17.7 Å². The van der Waals surface area contributed by atoms with Gasteiger partial charge in [-0.1, -0.05) is 30.3 Å². The van der Waals surface area contributed by atoms with Gasteiger partial charge in [0, 0.05) is 17.5 Å². The normalized spacial score (nSPS) is 21.4. The second-order valence-corrected chi connectivity index (χ2v) is 8.74. The van der Waals surface area contributed by atoms with E-state index in [1.165, 1.54) is 18.4 Å². The van der Waals surface area contributed by atoms with E-state index in [0.29, 0.717) is 36.8 Å². The number of nitrogens with one attached hydrogen (secondary N) is 2. The molecule has 166 valence electrons. The van der Waals surface area contributed by atoms with E-state index in [1.807, 2.05) is 6.07 Å². The second-order valence-electron chi connectivity index (χ2n) is 8.74. The first kappa shape index (κ1) is 20.7. The summed E-state index contributed by atoms with van der Waals surface area (Å²) in [7, 11) is 0. The van der Waals surface area contributed by atoms with Gasteiger partial charge in [0.2, 0.25) is 11.8 Å². The highest BCUT2D eigenvalue weighted by Gasteiger charge is 2.40. The molecule has 1 unspecified atom stereocenters. The molecule has 7 heteroatoms. The Morgan fingerprint density at radius 2 is 1.75 bits per heavy atom. The Kier molecular flexibility index (Phi) is 5.66. The number of carbonyl (C=O) groups is 3. The summed E-state index contributed by atoms with van der Waals surface area (Å²) in [6.45, 7) is 2.87. The van der Waals surface area contributed by atoms with Gasteiger partial charge >= 0.3 is 0 Å². The molecule has 0 saturated carbocycles. The van der Waals surface area contributed by atoms with E-state index in [4.69, 9.17) is 4.74 Å². The van der Waals surface area contributed by atoms with E-state index in [9.17, 15) is 14.4 Å². The molecule has 0 spiro atoms. The van der Waals surface area contributed by atoms with E-state index in [2.05, 4.69) is 34.9 Å². The molecular weight excluding hydrogens is 406 g/mol. The standard InChI is InChI=1S/C25H27N3O4/c29-23-9-8-21(24(30)27-23)28-14-20-19(25(28)31)2-1-3-22(20)32-15-16-4-6-17(7-5-16)18-10-12-26-13-11-18/h1-7,18,21,26H,8-15H2,(H,27,29,30). The lowest BCUT2D eigenvalue weighted by Gasteiger charge is -2.29. The van der Waals surface area contributed by atoms with Crippen molar-refractivity contribution in [2.45, 2.75) is 50.8 Å². The molecule has 32 heavy (non-hydrogen) atoms. The first-order valence-electron chi connectivity index (χ1n) is 11.3. The number of hydrogen-bond donors (Lipinski definition) is 2. The number of rotatable bonds is 5. The summed E-state index contributed by atoms with van der Waals surface area (Å²) < 4.78 is 6.10. The summed E-state index contributed by atoms with van der Waals surface area (Å²) in [5.74, 6) is 0.400. The average Bonchev–Trinajstić information content (AvgIpc) is 3.15. The molecule has 2 fully saturated rings. The fourth-order valence-corrected chi connectivity index (χ4v) is 4.89. The SMILES string of the molecule is O=C1CCC(N2Cc3c(OCc4ccc(C5CCNCC5)cc4)cccc3C2=O)C(=O)N1. The molecule has 1 atom stereocenters. The van der Waals surface area contributed by atoms with Crippen molar-refractivity contribution in [2.75, 3.05) is 13.1 Å². The van der Waals surface area contributed by atoms with Crippen molar-refractivity contribution < 1.29 is 19.1 Å². The first-order valence-corrected chi connectivity index (χ1v) is 11.3. The maximum Gasteiger partial charge on any atom is 0.255 e. The minimum Gasteiger partial charge on any atom is -0.489 e. The highest BCUT2D eigenvalue weighted by Crippen LogP contribution is 2.34. The molecule has 7 nitrogen and oxygen atoms in total. The Balaban J connectivity index is 1.27. The minimum atomic E-state index is -0.622. The van der Waals surface area contributed by atoms with Gasteiger partial charge in [-0.05, 0) is 61.5 Å². The van der Waals surface area contributed by atoms with Gasteiger partial charge in [-0.3, -0.25) is 19.7 Å². The highest BCUT2D eigenvalue weighted by atomic mass is 16.5. The molecule has 2 aromatic rings. The van der Waals surface area contributed by atoms with Crippen LogP contribution in [0.25, 0.3) is 0 Å². The molecule has 3 aliphatic rings. The van der Waals surface area contributed by atoms with Gasteiger partial charge in [-0.2, -0.15) is 0 Å². The van der Waals surface area contributed by atoms with Crippen LogP contribution in [0.4, 0.5) is 0 Å². The smallest absolute Gasteiger partial charge is 0.255 e. The second kappa shape index (κ2) is 8.74. The molecule has 0 aromatic heterocycles. The maximum absolute atomic E-state index is 12.9. The number of fused-ring (bicyclic) bond motifs is 1. The molecular formula is C25H27N3O4. The summed E-state index contributed by atoms with van der Waals surface area (Å²) in [6.07, 6.45) is 2.94. The Morgan fingerprint density at radius 1 is 0.969 bits per heavy atom. The third kappa shape index (κ3) is 4.00. The Labute approximate surface area is 187 Å². The molecule has 2 saturated heterocycles. The van der Waals surface area contributed by atoms with Crippen molar-refractivity contribution in [2.24, 2.45) is 0 Å². The van der Waals surface area contributed by atoms with Crippen LogP contribution < -0.4 is 15.4 Å². The van der Waals surface area contributed by atoms with Crippen molar-refractivity contribution in [1.29, 1.82) is 0 Å². The number of hydrogen-bond acceptors (Lipinski definition) is 5. The lowest BCUT2D eigenvalue weighted by Crippen LogP contribution is -2.52. The van der Waals surface area contributed by atoms with Crippen LogP contribution in [0.2, 0.25) is 0 Å². The molecule has 3 amide bonds. The molecule has 2 N–H and O–H groups in total. The number of imide groups is 1. The Bertz CT molecular complexity index is 1040. The van der Waals surface area contributed by atoms with Gasteiger partial charge in [0.1, 0.15) is 18.4 Å². The zero-order valence-corrected chi connectivity index (χ0v) is 17.9. The number of carbonyl (C=O) groups excluding carboxylic acids is 3. The summed E-state index contributed by atoms with van der Waals surface area (Å²) in [5, 5.41) is 5.74. The van der Waals surface area contributed by atoms with Crippen LogP contribution in [0.3, 0.4) is 0 Å². The summed E-state index contributed by atoms with van der Waals surface area (Å²) in [4.78, 5) is 38.2. The van der Waals surface area contributed by atoms with Crippen LogP contribution in [0.15, 0.2) is 42.5 Å². The quantitative estimate of drug-likeness (QED) is 0.708. The van der Waals surface area contributed by atoms with Crippen LogP contribution in [-0.2, 0) is 22.7 Å². The van der Waals surface area contributed by atoms with Gasteiger partial charge in [0.25, 0.3) is 5.91 Å². The third-order valence-corrected chi connectivity index (χ3v) is 6.72. The number of piperidine rings is 2. The van der Waals surface area contributed by atoms with Crippen LogP contribution in [0.5, 0.6) is 5.75 Å². The largest absolute Gasteiger partial charge is 0.489 e. The lowest BCUT2D eigenvalue weighted by molar-refractivity contribution is -0.136. The molecule has 3 heterocycles. The van der Waals surface area contributed by atoms with E-state index in [0.717, 1.165) is 24.2 Å². The average molecular weight is 434 g/mol. The lowest BCUT2D eigenvalue weighted by atomic mass is 9.90. The molecule has 0 bridgehead atoms. The maximum atomic E-state index is 12.9. The Hall–Kier alpha value is -3.19. The minimum absolute atomic E-state index is 0.189. The molecule has 0 radical (unpaired) electrons. The van der Waals surface area contributed by atoms with Crippen LogP contribution in [-0.4, -0.2) is 41.8 Å². The number of nitrogens with zero attached hydrogens (tertiary/aromatic N) is 1. The van der Waals surface area contributed by atoms with Crippen LogP contribution in [0, 0.1) is 0 Å². The van der Waals surface area contributed by atoms with Gasteiger partial charge < -0.3 is 15.0 Å². The number of benzene rings is 2. The first-order chi connectivity index (χ1) is 15.6. The topological polar surface area (TPSA) is 87.7 Å². The molecule has 3 aliphatic heterocycles. The predicted octanol–water partition coefficient (Wildman–Crippen LogP) is 2.49. The fraction of sp³-hybridized carbons (Fsp3) is 0.400. The fourth-order valence-electron chi connectivity index (χ4n) is 4.89. The van der Waals surface area contributed by atoms with Crippen LogP contribution >= 0.6 is 0 Å².